The average molecular weight is 310 g/mol. The summed E-state index contributed by atoms with van der Waals surface area (Å²) in [5, 5.41) is 9.62. The van der Waals surface area contributed by atoms with Crippen molar-refractivity contribution in [1.29, 1.82) is 0 Å². The third-order valence-corrected chi connectivity index (χ3v) is 2.77. The molecule has 0 saturated heterocycles. The lowest BCUT2D eigenvalue weighted by Gasteiger charge is -2.12. The first kappa shape index (κ1) is 11.0. The van der Waals surface area contributed by atoms with E-state index in [0.29, 0.717) is 16.6 Å². The molecule has 0 aliphatic carbocycles. The van der Waals surface area contributed by atoms with Crippen LogP contribution >= 0.6 is 31.9 Å². The molecule has 0 bridgehead atoms. The van der Waals surface area contributed by atoms with Crippen molar-refractivity contribution in [3.63, 3.8) is 0 Å². The van der Waals surface area contributed by atoms with E-state index < -0.39 is 0 Å². The highest BCUT2D eigenvalue weighted by atomic mass is 79.9. The van der Waals surface area contributed by atoms with Crippen molar-refractivity contribution >= 4 is 31.9 Å². The molecule has 1 aromatic rings. The van der Waals surface area contributed by atoms with Gasteiger partial charge in [0.1, 0.15) is 5.75 Å². The molecular formula is C8H10Br2N2O. The van der Waals surface area contributed by atoms with Crippen LogP contribution in [0.25, 0.3) is 0 Å². The lowest BCUT2D eigenvalue weighted by atomic mass is 10.1. The molecule has 0 amide bonds. The highest BCUT2D eigenvalue weighted by molar-refractivity contribution is 9.11. The first-order valence-corrected chi connectivity index (χ1v) is 5.28. The van der Waals surface area contributed by atoms with Gasteiger partial charge in [-0.15, -0.1) is 0 Å². The molecule has 0 aromatic heterocycles. The molecule has 0 aliphatic rings. The van der Waals surface area contributed by atoms with Gasteiger partial charge >= 0.3 is 0 Å². The lowest BCUT2D eigenvalue weighted by Crippen LogP contribution is -2.20. The van der Waals surface area contributed by atoms with Gasteiger partial charge in [0.05, 0.1) is 4.47 Å². The third kappa shape index (κ3) is 2.43. The Hall–Kier alpha value is -0.100. The number of rotatable bonds is 2. The molecule has 72 valence electrons. The minimum atomic E-state index is -0.339. The summed E-state index contributed by atoms with van der Waals surface area (Å²) in [5.74, 6) is 0.154. The molecule has 5 heteroatoms. The fraction of sp³-hybridized carbons (Fsp3) is 0.250. The maximum atomic E-state index is 9.62. The molecule has 0 radical (unpaired) electrons. The summed E-state index contributed by atoms with van der Waals surface area (Å²) in [4.78, 5) is 0. The first-order chi connectivity index (χ1) is 6.06. The predicted molar refractivity (Wildman–Crippen MR) is 59.5 cm³/mol. The van der Waals surface area contributed by atoms with Gasteiger partial charge < -0.3 is 16.6 Å². The van der Waals surface area contributed by atoms with E-state index in [9.17, 15) is 5.11 Å². The van der Waals surface area contributed by atoms with Gasteiger partial charge in [-0.3, -0.25) is 0 Å². The van der Waals surface area contributed by atoms with E-state index >= 15 is 0 Å². The van der Waals surface area contributed by atoms with Crippen LogP contribution in [0.2, 0.25) is 0 Å². The summed E-state index contributed by atoms with van der Waals surface area (Å²) in [7, 11) is 0. The normalized spacial score (nSPS) is 12.9. The van der Waals surface area contributed by atoms with E-state index in [2.05, 4.69) is 31.9 Å². The summed E-state index contributed by atoms with van der Waals surface area (Å²) in [5.41, 5.74) is 11.8. The zero-order valence-electron chi connectivity index (χ0n) is 6.80. The third-order valence-electron chi connectivity index (χ3n) is 1.71. The molecule has 0 unspecified atom stereocenters. The van der Waals surface area contributed by atoms with Gasteiger partial charge in [-0.1, -0.05) is 15.9 Å². The molecule has 0 fully saturated rings. The molecule has 0 heterocycles. The van der Waals surface area contributed by atoms with Crippen LogP contribution in [0.15, 0.2) is 21.1 Å². The number of hydrogen-bond donors (Lipinski definition) is 3. The summed E-state index contributed by atoms with van der Waals surface area (Å²) in [6, 6.07) is 3.17. The fourth-order valence-corrected chi connectivity index (χ4v) is 2.25. The molecule has 0 spiro atoms. The van der Waals surface area contributed by atoms with Gasteiger partial charge in [-0.25, -0.2) is 0 Å². The highest BCUT2D eigenvalue weighted by Gasteiger charge is 2.12. The number of phenols is 1. The number of aromatic hydroxyl groups is 1. The fourth-order valence-electron chi connectivity index (χ4n) is 0.996. The quantitative estimate of drug-likeness (QED) is 0.781. The molecule has 0 aliphatic heterocycles. The number of nitrogens with two attached hydrogens (primary N) is 2. The van der Waals surface area contributed by atoms with Crippen LogP contribution in [-0.4, -0.2) is 11.7 Å². The summed E-state index contributed by atoms with van der Waals surface area (Å²) in [6.07, 6.45) is 0. The second-order valence-electron chi connectivity index (χ2n) is 2.67. The van der Waals surface area contributed by atoms with Crippen LogP contribution in [0.1, 0.15) is 11.6 Å². The van der Waals surface area contributed by atoms with Gasteiger partial charge in [-0.05, 0) is 28.1 Å². The molecule has 1 aromatic carbocycles. The maximum Gasteiger partial charge on any atom is 0.134 e. The van der Waals surface area contributed by atoms with Crippen LogP contribution < -0.4 is 11.5 Å². The van der Waals surface area contributed by atoms with E-state index in [4.69, 9.17) is 11.5 Å². The summed E-state index contributed by atoms with van der Waals surface area (Å²) >= 11 is 6.53. The minimum Gasteiger partial charge on any atom is -0.506 e. The monoisotopic (exact) mass is 308 g/mol. The Bertz CT molecular complexity index is 317. The number of halogens is 2. The van der Waals surface area contributed by atoms with E-state index in [0.717, 1.165) is 4.47 Å². The molecule has 1 atom stereocenters. The van der Waals surface area contributed by atoms with Gasteiger partial charge in [-0.2, -0.15) is 0 Å². The van der Waals surface area contributed by atoms with E-state index in [-0.39, 0.29) is 11.8 Å². The van der Waals surface area contributed by atoms with Gasteiger partial charge in [0.2, 0.25) is 0 Å². The lowest BCUT2D eigenvalue weighted by molar-refractivity contribution is 0.458. The molecule has 5 N–H and O–H groups in total. The highest BCUT2D eigenvalue weighted by Crippen LogP contribution is 2.34. The Kier molecular flexibility index (Phi) is 3.73. The van der Waals surface area contributed by atoms with Crippen molar-refractivity contribution in [2.45, 2.75) is 6.04 Å². The molecule has 0 saturated carbocycles. The first-order valence-electron chi connectivity index (χ1n) is 3.69. The Morgan fingerprint density at radius 1 is 1.38 bits per heavy atom. The van der Waals surface area contributed by atoms with Crippen LogP contribution in [0.5, 0.6) is 5.75 Å². The number of hydrogen-bond acceptors (Lipinski definition) is 3. The van der Waals surface area contributed by atoms with E-state index in [1.165, 1.54) is 0 Å². The van der Waals surface area contributed by atoms with Crippen molar-refractivity contribution in [1.82, 2.24) is 0 Å². The number of phenolic OH excluding ortho intramolecular Hbond substituents is 1. The Balaban J connectivity index is 3.20. The zero-order chi connectivity index (χ0) is 10.0. The predicted octanol–water partition coefficient (Wildman–Crippen LogP) is 1.88. The van der Waals surface area contributed by atoms with Crippen molar-refractivity contribution < 1.29 is 5.11 Å². The Labute approximate surface area is 93.4 Å². The van der Waals surface area contributed by atoms with Crippen LogP contribution in [0.3, 0.4) is 0 Å². The van der Waals surface area contributed by atoms with Crippen molar-refractivity contribution in [3.8, 4) is 5.75 Å². The van der Waals surface area contributed by atoms with Gasteiger partial charge in [0, 0.05) is 22.6 Å². The Morgan fingerprint density at radius 3 is 2.54 bits per heavy atom. The van der Waals surface area contributed by atoms with Crippen molar-refractivity contribution in [2.24, 2.45) is 11.5 Å². The van der Waals surface area contributed by atoms with E-state index in [1.54, 1.807) is 12.1 Å². The largest absolute Gasteiger partial charge is 0.506 e. The Morgan fingerprint density at radius 2 is 2.00 bits per heavy atom. The van der Waals surface area contributed by atoms with Gasteiger partial charge in [0.15, 0.2) is 0 Å². The maximum absolute atomic E-state index is 9.62. The van der Waals surface area contributed by atoms with Gasteiger partial charge in [0.25, 0.3) is 0 Å². The SMILES string of the molecule is NC[C@H](N)c1cc(Br)cc(Br)c1O. The van der Waals surface area contributed by atoms with Crippen molar-refractivity contribution in [3.05, 3.63) is 26.6 Å². The van der Waals surface area contributed by atoms with Crippen LogP contribution in [0.4, 0.5) is 0 Å². The molecule has 3 nitrogen and oxygen atoms in total. The molecular weight excluding hydrogens is 300 g/mol. The standard InChI is InChI=1S/C8H10Br2N2O/c9-4-1-5(7(12)3-11)8(13)6(10)2-4/h1-2,7,13H,3,11-12H2/t7-/m0/s1. The summed E-state index contributed by atoms with van der Waals surface area (Å²) in [6.45, 7) is 0.302. The summed E-state index contributed by atoms with van der Waals surface area (Å²) < 4.78 is 1.47. The number of benzene rings is 1. The van der Waals surface area contributed by atoms with Crippen LogP contribution in [-0.2, 0) is 0 Å². The van der Waals surface area contributed by atoms with Crippen molar-refractivity contribution in [2.75, 3.05) is 6.54 Å². The molecule has 13 heavy (non-hydrogen) atoms. The second kappa shape index (κ2) is 4.41. The van der Waals surface area contributed by atoms with E-state index in [1.807, 2.05) is 0 Å². The second-order valence-corrected chi connectivity index (χ2v) is 4.44. The smallest absolute Gasteiger partial charge is 0.134 e. The van der Waals surface area contributed by atoms with Crippen LogP contribution in [0, 0.1) is 0 Å². The minimum absolute atomic E-state index is 0.154. The average Bonchev–Trinajstić information content (AvgIpc) is 2.10. The zero-order valence-corrected chi connectivity index (χ0v) is 9.97. The topological polar surface area (TPSA) is 72.3 Å². The molecule has 1 rings (SSSR count).